The monoisotopic (exact) mass is 374 g/mol. The molecule has 0 atom stereocenters. The highest BCUT2D eigenvalue weighted by molar-refractivity contribution is 5.94. The van der Waals surface area contributed by atoms with Crippen LogP contribution in [-0.2, 0) is 12.8 Å². The highest BCUT2D eigenvalue weighted by Crippen LogP contribution is 2.12. The zero-order chi connectivity index (χ0) is 19.6. The molecule has 0 aromatic heterocycles. The summed E-state index contributed by atoms with van der Waals surface area (Å²) in [5, 5.41) is 8.79. The maximum Gasteiger partial charge on any atom is 0.251 e. The molecule has 7 heteroatoms. The largest absolute Gasteiger partial charge is 0.356 e. The number of hydrogen-bond donors (Lipinski definition) is 3. The van der Waals surface area contributed by atoms with Crippen LogP contribution >= 0.6 is 0 Å². The van der Waals surface area contributed by atoms with Gasteiger partial charge in [-0.3, -0.25) is 9.79 Å². The van der Waals surface area contributed by atoms with Crippen molar-refractivity contribution in [1.29, 1.82) is 0 Å². The Morgan fingerprint density at radius 2 is 1.63 bits per heavy atom. The number of carbonyl (C=O) groups excluding carboxylic acids is 1. The zero-order valence-corrected chi connectivity index (χ0v) is 15.5. The van der Waals surface area contributed by atoms with E-state index in [4.69, 9.17) is 0 Å². The maximum atomic E-state index is 13.6. The van der Waals surface area contributed by atoms with Crippen molar-refractivity contribution in [3.05, 3.63) is 70.8 Å². The predicted molar refractivity (Wildman–Crippen MR) is 103 cm³/mol. The molecule has 0 unspecified atom stereocenters. The third-order valence-corrected chi connectivity index (χ3v) is 4.08. The van der Waals surface area contributed by atoms with Crippen molar-refractivity contribution >= 4 is 11.9 Å². The lowest BCUT2D eigenvalue weighted by Gasteiger charge is -2.12. The van der Waals surface area contributed by atoms with Crippen LogP contribution in [-0.4, -0.2) is 39.1 Å². The lowest BCUT2D eigenvalue weighted by molar-refractivity contribution is 0.0963. The second-order valence-electron chi connectivity index (χ2n) is 5.91. The van der Waals surface area contributed by atoms with Crippen LogP contribution in [0.3, 0.4) is 0 Å². The van der Waals surface area contributed by atoms with E-state index in [2.05, 4.69) is 20.9 Å². The molecular weight excluding hydrogens is 350 g/mol. The fraction of sp³-hybridized carbons (Fsp3) is 0.300. The molecule has 0 heterocycles. The number of aliphatic imine (C=N–C) groups is 1. The third kappa shape index (κ3) is 6.06. The fourth-order valence-electron chi connectivity index (χ4n) is 2.64. The lowest BCUT2D eigenvalue weighted by Crippen LogP contribution is -2.39. The second kappa shape index (κ2) is 10.3. The lowest BCUT2D eigenvalue weighted by atomic mass is 10.1. The molecule has 0 radical (unpaired) electrons. The highest BCUT2D eigenvalue weighted by atomic mass is 19.1. The standard InChI is InChI=1S/C20H24F2N4O/c1-23-19(27)15-6-3-5-14(13-15)9-11-25-20(24-2)26-12-10-16-17(21)7-4-8-18(16)22/h3-8,13H,9-12H2,1-2H3,(H,23,27)(H2,24,25,26). The molecule has 0 aliphatic rings. The normalized spacial score (nSPS) is 11.2. The smallest absolute Gasteiger partial charge is 0.251 e. The summed E-state index contributed by atoms with van der Waals surface area (Å²) in [4.78, 5) is 15.8. The number of guanidine groups is 1. The summed E-state index contributed by atoms with van der Waals surface area (Å²) >= 11 is 0. The van der Waals surface area contributed by atoms with Gasteiger partial charge < -0.3 is 16.0 Å². The molecule has 0 saturated carbocycles. The van der Waals surface area contributed by atoms with Gasteiger partial charge in [0.15, 0.2) is 5.96 Å². The summed E-state index contributed by atoms with van der Waals surface area (Å²) in [7, 11) is 3.23. The molecule has 2 aromatic carbocycles. The van der Waals surface area contributed by atoms with Crippen molar-refractivity contribution in [3.63, 3.8) is 0 Å². The van der Waals surface area contributed by atoms with Crippen molar-refractivity contribution in [2.24, 2.45) is 4.99 Å². The quantitative estimate of drug-likeness (QED) is 0.515. The molecule has 0 spiro atoms. The Morgan fingerprint density at radius 3 is 2.26 bits per heavy atom. The van der Waals surface area contributed by atoms with E-state index in [1.54, 1.807) is 20.2 Å². The molecule has 3 N–H and O–H groups in total. The van der Waals surface area contributed by atoms with Gasteiger partial charge in [0.2, 0.25) is 0 Å². The van der Waals surface area contributed by atoms with Crippen LogP contribution in [0.5, 0.6) is 0 Å². The fourth-order valence-corrected chi connectivity index (χ4v) is 2.64. The minimum Gasteiger partial charge on any atom is -0.356 e. The van der Waals surface area contributed by atoms with Gasteiger partial charge in [0, 0.05) is 38.3 Å². The third-order valence-electron chi connectivity index (χ3n) is 4.08. The van der Waals surface area contributed by atoms with E-state index in [-0.39, 0.29) is 17.9 Å². The van der Waals surface area contributed by atoms with Crippen LogP contribution in [0.4, 0.5) is 8.78 Å². The van der Waals surface area contributed by atoms with Crippen molar-refractivity contribution < 1.29 is 13.6 Å². The highest BCUT2D eigenvalue weighted by Gasteiger charge is 2.08. The van der Waals surface area contributed by atoms with Crippen LogP contribution < -0.4 is 16.0 Å². The first-order valence-electron chi connectivity index (χ1n) is 8.73. The summed E-state index contributed by atoms with van der Waals surface area (Å²) < 4.78 is 27.2. The van der Waals surface area contributed by atoms with E-state index in [1.807, 2.05) is 18.2 Å². The van der Waals surface area contributed by atoms with Gasteiger partial charge in [-0.1, -0.05) is 18.2 Å². The molecule has 0 bridgehead atoms. The molecule has 2 aromatic rings. The van der Waals surface area contributed by atoms with E-state index < -0.39 is 11.6 Å². The molecular formula is C20H24F2N4O. The number of carbonyl (C=O) groups is 1. The second-order valence-corrected chi connectivity index (χ2v) is 5.91. The van der Waals surface area contributed by atoms with Crippen molar-refractivity contribution in [1.82, 2.24) is 16.0 Å². The molecule has 0 aliphatic carbocycles. The number of nitrogens with one attached hydrogen (secondary N) is 3. The van der Waals surface area contributed by atoms with Crippen LogP contribution in [0.2, 0.25) is 0 Å². The summed E-state index contributed by atoms with van der Waals surface area (Å²) in [5.41, 5.74) is 1.70. The average Bonchev–Trinajstić information content (AvgIpc) is 2.68. The Labute approximate surface area is 157 Å². The van der Waals surface area contributed by atoms with Gasteiger partial charge in [-0.2, -0.15) is 0 Å². The van der Waals surface area contributed by atoms with Gasteiger partial charge in [0.25, 0.3) is 5.91 Å². The van der Waals surface area contributed by atoms with E-state index in [0.29, 0.717) is 31.0 Å². The van der Waals surface area contributed by atoms with Gasteiger partial charge >= 0.3 is 0 Å². The van der Waals surface area contributed by atoms with Gasteiger partial charge in [-0.25, -0.2) is 8.78 Å². The number of benzene rings is 2. The average molecular weight is 374 g/mol. The van der Waals surface area contributed by atoms with Crippen LogP contribution in [0.15, 0.2) is 47.5 Å². The first-order valence-corrected chi connectivity index (χ1v) is 8.73. The number of hydrogen-bond acceptors (Lipinski definition) is 2. The Morgan fingerprint density at radius 1 is 1.00 bits per heavy atom. The Hall–Kier alpha value is -2.96. The van der Waals surface area contributed by atoms with Crippen LogP contribution in [0.25, 0.3) is 0 Å². The van der Waals surface area contributed by atoms with E-state index in [0.717, 1.165) is 5.56 Å². The molecule has 144 valence electrons. The predicted octanol–water partition coefficient (Wildman–Crippen LogP) is 2.27. The number of amides is 1. The minimum absolute atomic E-state index is 0.0615. The van der Waals surface area contributed by atoms with Crippen molar-refractivity contribution in [3.8, 4) is 0 Å². The first kappa shape index (κ1) is 20.4. The summed E-state index contributed by atoms with van der Waals surface area (Å²) in [6.45, 7) is 0.953. The maximum absolute atomic E-state index is 13.6. The summed E-state index contributed by atoms with van der Waals surface area (Å²) in [5.74, 6) is -0.664. The molecule has 0 saturated heterocycles. The number of rotatable bonds is 7. The van der Waals surface area contributed by atoms with Crippen LogP contribution in [0.1, 0.15) is 21.5 Å². The van der Waals surface area contributed by atoms with Gasteiger partial charge in [-0.15, -0.1) is 0 Å². The number of nitrogens with zero attached hydrogens (tertiary/aromatic N) is 1. The van der Waals surface area contributed by atoms with Gasteiger partial charge in [0.1, 0.15) is 11.6 Å². The number of halogens is 2. The Kier molecular flexibility index (Phi) is 7.73. The van der Waals surface area contributed by atoms with Crippen molar-refractivity contribution in [2.75, 3.05) is 27.2 Å². The Bertz CT molecular complexity index is 788. The molecule has 0 aliphatic heterocycles. The minimum atomic E-state index is -0.546. The zero-order valence-electron chi connectivity index (χ0n) is 15.5. The molecule has 2 rings (SSSR count). The van der Waals surface area contributed by atoms with E-state index in [1.165, 1.54) is 18.2 Å². The van der Waals surface area contributed by atoms with Gasteiger partial charge in [-0.05, 0) is 42.7 Å². The SMILES string of the molecule is CN=C(NCCc1cccc(C(=O)NC)c1)NCCc1c(F)cccc1F. The first-order chi connectivity index (χ1) is 13.0. The molecule has 5 nitrogen and oxygen atoms in total. The topological polar surface area (TPSA) is 65.5 Å². The summed E-state index contributed by atoms with van der Waals surface area (Å²) in [6.07, 6.45) is 0.918. The molecule has 0 fully saturated rings. The molecule has 27 heavy (non-hydrogen) atoms. The van der Waals surface area contributed by atoms with Crippen molar-refractivity contribution in [2.45, 2.75) is 12.8 Å². The van der Waals surface area contributed by atoms with Crippen LogP contribution in [0, 0.1) is 11.6 Å². The summed E-state index contributed by atoms with van der Waals surface area (Å²) in [6, 6.07) is 11.2. The Balaban J connectivity index is 1.80. The van der Waals surface area contributed by atoms with Gasteiger partial charge in [0.05, 0.1) is 0 Å². The van der Waals surface area contributed by atoms with E-state index >= 15 is 0 Å². The van der Waals surface area contributed by atoms with E-state index in [9.17, 15) is 13.6 Å². The molecule has 1 amide bonds.